The fourth-order valence-electron chi connectivity index (χ4n) is 0.575. The van der Waals surface area contributed by atoms with E-state index in [0.717, 1.165) is 0 Å². The maximum Gasteiger partial charge on any atom is 0.110 e. The van der Waals surface area contributed by atoms with Gasteiger partial charge in [-0.05, 0) is 13.0 Å². The van der Waals surface area contributed by atoms with E-state index in [1.807, 2.05) is 0 Å². The molecule has 0 saturated heterocycles. The Morgan fingerprint density at radius 3 is 2.54 bits per heavy atom. The lowest BCUT2D eigenvalue weighted by Gasteiger charge is -1.92. The Kier molecular flexibility index (Phi) is 8.30. The highest BCUT2D eigenvalue weighted by Gasteiger charge is 1.80. The third kappa shape index (κ3) is 10.9. The lowest BCUT2D eigenvalue weighted by Crippen LogP contribution is -1.91. The zero-order chi connectivity index (χ0) is 9.94. The highest BCUT2D eigenvalue weighted by molar-refractivity contribution is 5.10. The number of rotatable bonds is 6. The van der Waals surface area contributed by atoms with Gasteiger partial charge < -0.3 is 14.9 Å². The van der Waals surface area contributed by atoms with E-state index >= 15 is 0 Å². The number of allylic oxidation sites excluding steroid dienone is 4. The van der Waals surface area contributed by atoms with E-state index in [1.54, 1.807) is 37.3 Å². The van der Waals surface area contributed by atoms with Crippen LogP contribution in [0.5, 0.6) is 0 Å². The molecular weight excluding hydrogens is 168 g/mol. The molecule has 0 aliphatic heterocycles. The van der Waals surface area contributed by atoms with E-state index in [9.17, 15) is 0 Å². The van der Waals surface area contributed by atoms with Crippen LogP contribution in [0.15, 0.2) is 36.6 Å². The molecule has 0 amide bonds. The van der Waals surface area contributed by atoms with E-state index in [1.165, 1.54) is 6.26 Å². The van der Waals surface area contributed by atoms with Crippen molar-refractivity contribution in [3.8, 4) is 0 Å². The van der Waals surface area contributed by atoms with Crippen molar-refractivity contribution in [2.75, 3.05) is 13.2 Å². The second-order valence-corrected chi connectivity index (χ2v) is 2.43. The third-order valence-electron chi connectivity index (χ3n) is 1.11. The summed E-state index contributed by atoms with van der Waals surface area (Å²) in [5, 5.41) is 17.2. The van der Waals surface area contributed by atoms with Crippen LogP contribution in [0.4, 0.5) is 0 Å². The summed E-state index contributed by atoms with van der Waals surface area (Å²) in [5.74, 6) is 0. The summed E-state index contributed by atoms with van der Waals surface area (Å²) in [4.78, 5) is 0. The molecule has 0 fully saturated rings. The molecule has 13 heavy (non-hydrogen) atoms. The highest BCUT2D eigenvalue weighted by Crippen LogP contribution is 1.85. The Labute approximate surface area is 78.7 Å². The van der Waals surface area contributed by atoms with Gasteiger partial charge in [-0.15, -0.1) is 0 Å². The Morgan fingerprint density at radius 1 is 1.23 bits per heavy atom. The van der Waals surface area contributed by atoms with Gasteiger partial charge >= 0.3 is 0 Å². The number of aliphatic hydroxyl groups excluding tert-OH is 2. The van der Waals surface area contributed by atoms with Gasteiger partial charge in [-0.1, -0.05) is 24.3 Å². The van der Waals surface area contributed by atoms with Crippen LogP contribution in [-0.2, 0) is 4.74 Å². The van der Waals surface area contributed by atoms with Crippen molar-refractivity contribution in [2.45, 2.75) is 13.0 Å². The number of ether oxygens (including phenoxy) is 1. The SMILES string of the molecule is CC(O)/C=C/C=C\C=C\OCCO. The van der Waals surface area contributed by atoms with Crippen LogP contribution in [0.1, 0.15) is 6.92 Å². The summed E-state index contributed by atoms with van der Waals surface area (Å²) in [6.07, 6.45) is 9.77. The quantitative estimate of drug-likeness (QED) is 0.368. The van der Waals surface area contributed by atoms with Gasteiger partial charge in [-0.2, -0.15) is 0 Å². The van der Waals surface area contributed by atoms with Gasteiger partial charge in [0.15, 0.2) is 0 Å². The van der Waals surface area contributed by atoms with Crippen molar-refractivity contribution in [3.05, 3.63) is 36.6 Å². The molecule has 0 heterocycles. The molecule has 0 aromatic rings. The average Bonchev–Trinajstić information content (AvgIpc) is 2.09. The van der Waals surface area contributed by atoms with Crippen molar-refractivity contribution in [1.29, 1.82) is 0 Å². The van der Waals surface area contributed by atoms with Crippen molar-refractivity contribution >= 4 is 0 Å². The molecule has 74 valence electrons. The fourth-order valence-corrected chi connectivity index (χ4v) is 0.575. The Balaban J connectivity index is 3.45. The topological polar surface area (TPSA) is 49.7 Å². The smallest absolute Gasteiger partial charge is 0.110 e. The molecule has 2 N–H and O–H groups in total. The first kappa shape index (κ1) is 11.9. The van der Waals surface area contributed by atoms with E-state index in [0.29, 0.717) is 6.61 Å². The van der Waals surface area contributed by atoms with Crippen LogP contribution in [-0.4, -0.2) is 29.5 Å². The minimum Gasteiger partial charge on any atom is -0.499 e. The van der Waals surface area contributed by atoms with Crippen LogP contribution < -0.4 is 0 Å². The molecule has 0 spiro atoms. The first-order valence-electron chi connectivity index (χ1n) is 4.18. The lowest BCUT2D eigenvalue weighted by molar-refractivity contribution is 0.166. The average molecular weight is 184 g/mol. The molecule has 0 saturated carbocycles. The standard InChI is InChI=1S/C10H16O3/c1-10(12)6-4-2-3-5-8-13-9-7-11/h2-6,8,10-12H,7,9H2,1H3/b3-2-,6-4+,8-5+. The van der Waals surface area contributed by atoms with Gasteiger partial charge in [-0.25, -0.2) is 0 Å². The molecule has 3 heteroatoms. The molecular formula is C10H16O3. The minimum absolute atomic E-state index is 0.0238. The summed E-state index contributed by atoms with van der Waals surface area (Å²) in [5.41, 5.74) is 0. The molecule has 3 nitrogen and oxygen atoms in total. The molecule has 0 aromatic carbocycles. The number of aliphatic hydroxyl groups is 2. The molecule has 0 aliphatic carbocycles. The minimum atomic E-state index is -0.417. The van der Waals surface area contributed by atoms with Crippen LogP contribution in [0.3, 0.4) is 0 Å². The maximum absolute atomic E-state index is 8.83. The summed E-state index contributed by atoms with van der Waals surface area (Å²) in [6.45, 7) is 2.02. The monoisotopic (exact) mass is 184 g/mol. The molecule has 1 atom stereocenters. The van der Waals surface area contributed by atoms with Crippen molar-refractivity contribution in [2.24, 2.45) is 0 Å². The Hall–Kier alpha value is -1.06. The normalized spacial score (nSPS) is 14.7. The van der Waals surface area contributed by atoms with Gasteiger partial charge in [0.05, 0.1) is 19.0 Å². The summed E-state index contributed by atoms with van der Waals surface area (Å²) < 4.78 is 4.86. The largest absolute Gasteiger partial charge is 0.499 e. The first-order valence-corrected chi connectivity index (χ1v) is 4.18. The molecule has 0 rings (SSSR count). The van der Waals surface area contributed by atoms with Crippen LogP contribution in [0, 0.1) is 0 Å². The van der Waals surface area contributed by atoms with Crippen LogP contribution in [0.2, 0.25) is 0 Å². The lowest BCUT2D eigenvalue weighted by atomic mass is 10.3. The van der Waals surface area contributed by atoms with E-state index < -0.39 is 6.10 Å². The second-order valence-electron chi connectivity index (χ2n) is 2.43. The number of hydrogen-bond donors (Lipinski definition) is 2. The fraction of sp³-hybridized carbons (Fsp3) is 0.400. The maximum atomic E-state index is 8.83. The molecule has 0 bridgehead atoms. The molecule has 0 aromatic heterocycles. The summed E-state index contributed by atoms with van der Waals surface area (Å²) in [7, 11) is 0. The van der Waals surface area contributed by atoms with Gasteiger partial charge in [0.2, 0.25) is 0 Å². The van der Waals surface area contributed by atoms with Gasteiger partial charge in [0.1, 0.15) is 6.61 Å². The molecule has 1 unspecified atom stereocenters. The van der Waals surface area contributed by atoms with Gasteiger partial charge in [-0.3, -0.25) is 0 Å². The van der Waals surface area contributed by atoms with Crippen molar-refractivity contribution in [1.82, 2.24) is 0 Å². The zero-order valence-corrected chi connectivity index (χ0v) is 7.76. The second kappa shape index (κ2) is 9.03. The van der Waals surface area contributed by atoms with Crippen LogP contribution in [0.25, 0.3) is 0 Å². The molecule has 0 aliphatic rings. The summed E-state index contributed by atoms with van der Waals surface area (Å²) >= 11 is 0. The Bertz CT molecular complexity index is 181. The van der Waals surface area contributed by atoms with Crippen molar-refractivity contribution < 1.29 is 14.9 Å². The van der Waals surface area contributed by atoms with E-state index in [4.69, 9.17) is 14.9 Å². The van der Waals surface area contributed by atoms with Gasteiger partial charge in [0, 0.05) is 0 Å². The third-order valence-corrected chi connectivity index (χ3v) is 1.11. The summed E-state index contributed by atoms with van der Waals surface area (Å²) in [6, 6.07) is 0. The highest BCUT2D eigenvalue weighted by atomic mass is 16.5. The van der Waals surface area contributed by atoms with E-state index in [2.05, 4.69) is 0 Å². The first-order chi connectivity index (χ1) is 6.27. The Morgan fingerprint density at radius 2 is 1.92 bits per heavy atom. The molecule has 0 radical (unpaired) electrons. The number of hydrogen-bond acceptors (Lipinski definition) is 3. The van der Waals surface area contributed by atoms with Crippen molar-refractivity contribution in [3.63, 3.8) is 0 Å². The zero-order valence-electron chi connectivity index (χ0n) is 7.76. The van der Waals surface area contributed by atoms with Crippen LogP contribution >= 0.6 is 0 Å². The predicted molar refractivity (Wildman–Crippen MR) is 52.1 cm³/mol. The van der Waals surface area contributed by atoms with E-state index in [-0.39, 0.29) is 6.61 Å². The van der Waals surface area contributed by atoms with Gasteiger partial charge in [0.25, 0.3) is 0 Å². The predicted octanol–water partition coefficient (Wildman–Crippen LogP) is 1.00.